The van der Waals surface area contributed by atoms with Crippen molar-refractivity contribution in [3.05, 3.63) is 34.6 Å². The molecule has 0 atom stereocenters. The number of carboxylic acids is 1. The van der Waals surface area contributed by atoms with Crippen molar-refractivity contribution in [2.45, 2.75) is 6.42 Å². The van der Waals surface area contributed by atoms with Gasteiger partial charge in [-0.05, 0) is 24.6 Å². The van der Waals surface area contributed by atoms with Crippen LogP contribution in [0.1, 0.15) is 16.8 Å². The first kappa shape index (κ1) is 15.7. The summed E-state index contributed by atoms with van der Waals surface area (Å²) in [7, 11) is 0. The lowest BCUT2D eigenvalue weighted by Gasteiger charge is -2.21. The molecule has 2 rings (SSSR count). The van der Waals surface area contributed by atoms with Crippen LogP contribution in [-0.4, -0.2) is 59.5 Å². The Bertz CT molecular complexity index is 553. The van der Waals surface area contributed by atoms with Crippen molar-refractivity contribution < 1.29 is 19.1 Å². The summed E-state index contributed by atoms with van der Waals surface area (Å²) in [4.78, 5) is 26.4. The number of carboxylic acid groups (broad SMARTS) is 1. The molecular formula is C14H16ClFN2O3. The van der Waals surface area contributed by atoms with E-state index in [0.29, 0.717) is 32.6 Å². The number of rotatable bonds is 3. The maximum absolute atomic E-state index is 13.8. The maximum Gasteiger partial charge on any atom is 0.317 e. The van der Waals surface area contributed by atoms with Gasteiger partial charge in [0, 0.05) is 31.2 Å². The van der Waals surface area contributed by atoms with E-state index in [4.69, 9.17) is 16.7 Å². The predicted octanol–water partition coefficient (Wildman–Crippen LogP) is 1.71. The third kappa shape index (κ3) is 4.15. The predicted molar refractivity (Wildman–Crippen MR) is 76.0 cm³/mol. The van der Waals surface area contributed by atoms with Crippen LogP contribution in [-0.2, 0) is 4.79 Å². The van der Waals surface area contributed by atoms with Gasteiger partial charge in [0.05, 0.1) is 12.1 Å². The third-order valence-corrected chi connectivity index (χ3v) is 3.63. The second kappa shape index (κ2) is 6.87. The summed E-state index contributed by atoms with van der Waals surface area (Å²) >= 11 is 5.67. The largest absolute Gasteiger partial charge is 0.480 e. The molecule has 1 aliphatic rings. The fourth-order valence-electron chi connectivity index (χ4n) is 2.36. The van der Waals surface area contributed by atoms with E-state index in [0.717, 1.165) is 6.07 Å². The molecule has 21 heavy (non-hydrogen) atoms. The van der Waals surface area contributed by atoms with E-state index in [-0.39, 0.29) is 23.0 Å². The summed E-state index contributed by atoms with van der Waals surface area (Å²) < 4.78 is 13.8. The normalized spacial score (nSPS) is 16.6. The molecule has 114 valence electrons. The van der Waals surface area contributed by atoms with Crippen LogP contribution in [0.25, 0.3) is 0 Å². The van der Waals surface area contributed by atoms with Crippen LogP contribution < -0.4 is 0 Å². The van der Waals surface area contributed by atoms with Crippen LogP contribution in [0, 0.1) is 5.82 Å². The van der Waals surface area contributed by atoms with Gasteiger partial charge in [-0.2, -0.15) is 0 Å². The second-order valence-electron chi connectivity index (χ2n) is 4.94. The first-order valence-electron chi connectivity index (χ1n) is 6.66. The van der Waals surface area contributed by atoms with E-state index < -0.39 is 11.8 Å². The van der Waals surface area contributed by atoms with Crippen molar-refractivity contribution in [3.63, 3.8) is 0 Å². The molecule has 0 aromatic heterocycles. The number of carbonyl (C=O) groups excluding carboxylic acids is 1. The quantitative estimate of drug-likeness (QED) is 0.922. The molecule has 0 bridgehead atoms. The lowest BCUT2D eigenvalue weighted by molar-refractivity contribution is -0.138. The molecule has 1 heterocycles. The van der Waals surface area contributed by atoms with Gasteiger partial charge in [0.25, 0.3) is 5.91 Å². The number of aliphatic carboxylic acids is 1. The first-order valence-corrected chi connectivity index (χ1v) is 7.03. The number of carbonyl (C=O) groups is 2. The molecule has 0 radical (unpaired) electrons. The van der Waals surface area contributed by atoms with Gasteiger partial charge in [0.15, 0.2) is 0 Å². The summed E-state index contributed by atoms with van der Waals surface area (Å²) in [5.41, 5.74) is -0.00826. The van der Waals surface area contributed by atoms with Crippen molar-refractivity contribution in [1.82, 2.24) is 9.80 Å². The van der Waals surface area contributed by atoms with Gasteiger partial charge in [-0.15, -0.1) is 0 Å². The average molecular weight is 315 g/mol. The minimum absolute atomic E-state index is 0.00826. The Hall–Kier alpha value is -1.66. The Balaban J connectivity index is 2.04. The number of amides is 1. The summed E-state index contributed by atoms with van der Waals surface area (Å²) in [6.07, 6.45) is 0.661. The van der Waals surface area contributed by atoms with Gasteiger partial charge in [-0.1, -0.05) is 11.6 Å². The third-order valence-electron chi connectivity index (χ3n) is 3.40. The molecule has 0 saturated carbocycles. The Morgan fingerprint density at radius 3 is 2.67 bits per heavy atom. The molecular weight excluding hydrogens is 299 g/mol. The van der Waals surface area contributed by atoms with E-state index in [1.165, 1.54) is 12.1 Å². The van der Waals surface area contributed by atoms with Gasteiger partial charge >= 0.3 is 5.97 Å². The molecule has 1 fully saturated rings. The van der Waals surface area contributed by atoms with Gasteiger partial charge < -0.3 is 10.0 Å². The SMILES string of the molecule is O=C(O)CN1CCCN(C(=O)c2ccc(Cl)cc2F)CC1. The average Bonchev–Trinajstić information content (AvgIpc) is 2.63. The number of hydrogen-bond acceptors (Lipinski definition) is 3. The van der Waals surface area contributed by atoms with E-state index in [2.05, 4.69) is 0 Å². The first-order chi connectivity index (χ1) is 9.97. The molecule has 0 unspecified atom stereocenters. The summed E-state index contributed by atoms with van der Waals surface area (Å²) in [5, 5.41) is 9.03. The Labute approximate surface area is 126 Å². The van der Waals surface area contributed by atoms with Gasteiger partial charge in [0.2, 0.25) is 0 Å². The zero-order chi connectivity index (χ0) is 15.4. The molecule has 1 amide bonds. The van der Waals surface area contributed by atoms with Crippen LogP contribution >= 0.6 is 11.6 Å². The van der Waals surface area contributed by atoms with Crippen LogP contribution in [0.2, 0.25) is 5.02 Å². The fourth-order valence-corrected chi connectivity index (χ4v) is 2.52. The molecule has 1 aliphatic heterocycles. The van der Waals surface area contributed by atoms with Crippen molar-refractivity contribution in [2.75, 3.05) is 32.7 Å². The fraction of sp³-hybridized carbons (Fsp3) is 0.429. The molecule has 1 N–H and O–H groups in total. The van der Waals surface area contributed by atoms with Gasteiger partial charge in [-0.3, -0.25) is 14.5 Å². The van der Waals surface area contributed by atoms with E-state index in [1.54, 1.807) is 9.80 Å². The highest BCUT2D eigenvalue weighted by Crippen LogP contribution is 2.17. The van der Waals surface area contributed by atoms with E-state index >= 15 is 0 Å². The summed E-state index contributed by atoms with van der Waals surface area (Å²) in [6.45, 7) is 1.90. The zero-order valence-corrected chi connectivity index (χ0v) is 12.1. The van der Waals surface area contributed by atoms with E-state index in [9.17, 15) is 14.0 Å². The lowest BCUT2D eigenvalue weighted by Crippen LogP contribution is -2.37. The number of halogens is 2. The van der Waals surface area contributed by atoms with Crippen molar-refractivity contribution in [3.8, 4) is 0 Å². The van der Waals surface area contributed by atoms with Crippen molar-refractivity contribution in [2.24, 2.45) is 0 Å². The highest BCUT2D eigenvalue weighted by molar-refractivity contribution is 6.30. The Morgan fingerprint density at radius 1 is 1.24 bits per heavy atom. The zero-order valence-electron chi connectivity index (χ0n) is 11.4. The highest BCUT2D eigenvalue weighted by Gasteiger charge is 2.23. The molecule has 7 heteroatoms. The molecule has 1 aromatic carbocycles. The monoisotopic (exact) mass is 314 g/mol. The van der Waals surface area contributed by atoms with Gasteiger partial charge in [-0.25, -0.2) is 4.39 Å². The second-order valence-corrected chi connectivity index (χ2v) is 5.38. The Morgan fingerprint density at radius 2 is 2.00 bits per heavy atom. The molecule has 0 spiro atoms. The Kier molecular flexibility index (Phi) is 5.14. The van der Waals surface area contributed by atoms with Crippen LogP contribution in [0.5, 0.6) is 0 Å². The van der Waals surface area contributed by atoms with Gasteiger partial charge in [0.1, 0.15) is 5.82 Å². The topological polar surface area (TPSA) is 60.9 Å². The smallest absolute Gasteiger partial charge is 0.317 e. The van der Waals surface area contributed by atoms with Crippen molar-refractivity contribution in [1.29, 1.82) is 0 Å². The standard InChI is InChI=1S/C14H16ClFN2O3/c15-10-2-3-11(12(16)8-10)14(21)18-5-1-4-17(6-7-18)9-13(19)20/h2-3,8H,1,4-7,9H2,(H,19,20). The van der Waals surface area contributed by atoms with Crippen LogP contribution in [0.4, 0.5) is 4.39 Å². The molecule has 5 nitrogen and oxygen atoms in total. The summed E-state index contributed by atoms with van der Waals surface area (Å²) in [6, 6.07) is 3.97. The number of nitrogens with zero attached hydrogens (tertiary/aromatic N) is 2. The van der Waals surface area contributed by atoms with Crippen LogP contribution in [0.15, 0.2) is 18.2 Å². The van der Waals surface area contributed by atoms with Crippen molar-refractivity contribution >= 4 is 23.5 Å². The van der Waals surface area contributed by atoms with E-state index in [1.807, 2.05) is 0 Å². The minimum atomic E-state index is -0.890. The molecule has 1 aromatic rings. The molecule has 0 aliphatic carbocycles. The van der Waals surface area contributed by atoms with Crippen LogP contribution in [0.3, 0.4) is 0 Å². The maximum atomic E-state index is 13.8. The minimum Gasteiger partial charge on any atom is -0.480 e. The number of hydrogen-bond donors (Lipinski definition) is 1. The highest BCUT2D eigenvalue weighted by atomic mass is 35.5. The lowest BCUT2D eigenvalue weighted by atomic mass is 10.2. The molecule has 1 saturated heterocycles. The summed E-state index contributed by atoms with van der Waals surface area (Å²) in [5.74, 6) is -1.92. The number of benzene rings is 1.